The first-order valence-corrected chi connectivity index (χ1v) is 5.68. The van der Waals surface area contributed by atoms with E-state index in [1.165, 1.54) is 19.1 Å². The Morgan fingerprint density at radius 1 is 1.44 bits per heavy atom. The van der Waals surface area contributed by atoms with Gasteiger partial charge in [-0.3, -0.25) is 0 Å². The molecule has 0 aliphatic heterocycles. The third kappa shape index (κ3) is 2.17. The number of hydrogen-bond donors (Lipinski definition) is 2. The highest BCUT2D eigenvalue weighted by Crippen LogP contribution is 2.29. The standard InChI is InChI=1S/C11H8F2N2O2S/c1-5-8(11(16)17)10(18-15-5)14-7-4-2-3-6(12)9(7)13/h2-4,14H,1H3,(H,16,17). The van der Waals surface area contributed by atoms with E-state index in [-0.39, 0.29) is 16.3 Å². The van der Waals surface area contributed by atoms with Gasteiger partial charge in [0.25, 0.3) is 0 Å². The molecule has 0 amide bonds. The first-order valence-electron chi connectivity index (χ1n) is 4.91. The number of aromatic nitrogens is 1. The lowest BCUT2D eigenvalue weighted by Crippen LogP contribution is -2.02. The molecule has 4 nitrogen and oxygen atoms in total. The summed E-state index contributed by atoms with van der Waals surface area (Å²) in [6, 6.07) is 3.63. The van der Waals surface area contributed by atoms with Crippen molar-refractivity contribution in [1.82, 2.24) is 4.37 Å². The predicted molar refractivity (Wildman–Crippen MR) is 63.5 cm³/mol. The van der Waals surface area contributed by atoms with Crippen LogP contribution in [0.15, 0.2) is 18.2 Å². The maximum atomic E-state index is 13.4. The average molecular weight is 270 g/mol. The molecule has 1 aromatic carbocycles. The Balaban J connectivity index is 2.41. The second kappa shape index (κ2) is 4.69. The first kappa shape index (κ1) is 12.4. The summed E-state index contributed by atoms with van der Waals surface area (Å²) < 4.78 is 30.3. The molecule has 0 saturated heterocycles. The zero-order chi connectivity index (χ0) is 13.3. The molecular formula is C11H8F2N2O2S. The lowest BCUT2D eigenvalue weighted by Gasteiger charge is -2.06. The van der Waals surface area contributed by atoms with Gasteiger partial charge in [-0.1, -0.05) is 6.07 Å². The van der Waals surface area contributed by atoms with Gasteiger partial charge >= 0.3 is 5.97 Å². The third-order valence-corrected chi connectivity index (χ3v) is 3.13. The van der Waals surface area contributed by atoms with Gasteiger partial charge in [-0.15, -0.1) is 0 Å². The van der Waals surface area contributed by atoms with Gasteiger partial charge in [-0.25, -0.2) is 13.6 Å². The summed E-state index contributed by atoms with van der Waals surface area (Å²) in [5.41, 5.74) is 0.164. The Morgan fingerprint density at radius 2 is 2.17 bits per heavy atom. The Kier molecular flexibility index (Phi) is 3.24. The van der Waals surface area contributed by atoms with Crippen molar-refractivity contribution in [3.8, 4) is 0 Å². The molecule has 0 atom stereocenters. The summed E-state index contributed by atoms with van der Waals surface area (Å²) in [7, 11) is 0. The number of hydrogen-bond acceptors (Lipinski definition) is 4. The summed E-state index contributed by atoms with van der Waals surface area (Å²) in [6.45, 7) is 1.53. The highest BCUT2D eigenvalue weighted by molar-refractivity contribution is 7.10. The largest absolute Gasteiger partial charge is 0.478 e. The molecule has 0 unspecified atom stereocenters. The van der Waals surface area contributed by atoms with Crippen molar-refractivity contribution in [2.45, 2.75) is 6.92 Å². The van der Waals surface area contributed by atoms with Crippen LogP contribution in [0.4, 0.5) is 19.5 Å². The van der Waals surface area contributed by atoms with E-state index in [0.29, 0.717) is 5.69 Å². The van der Waals surface area contributed by atoms with Crippen LogP contribution in [0.25, 0.3) is 0 Å². The van der Waals surface area contributed by atoms with Gasteiger partial charge in [-0.05, 0) is 30.6 Å². The van der Waals surface area contributed by atoms with E-state index in [1.807, 2.05) is 0 Å². The van der Waals surface area contributed by atoms with Crippen LogP contribution in [-0.4, -0.2) is 15.4 Å². The Labute approximate surface area is 105 Å². The van der Waals surface area contributed by atoms with Crippen molar-refractivity contribution in [1.29, 1.82) is 0 Å². The molecule has 94 valence electrons. The maximum Gasteiger partial charge on any atom is 0.340 e. The van der Waals surface area contributed by atoms with Crippen molar-refractivity contribution < 1.29 is 18.7 Å². The molecule has 0 aliphatic rings. The fraction of sp³-hybridized carbons (Fsp3) is 0.0909. The molecule has 0 spiro atoms. The van der Waals surface area contributed by atoms with Gasteiger partial charge in [-0.2, -0.15) is 4.37 Å². The molecule has 0 aliphatic carbocycles. The molecule has 0 fully saturated rings. The lowest BCUT2D eigenvalue weighted by atomic mass is 10.2. The minimum absolute atomic E-state index is 0.0383. The highest BCUT2D eigenvalue weighted by atomic mass is 32.1. The van der Waals surface area contributed by atoms with Crippen LogP contribution in [-0.2, 0) is 0 Å². The zero-order valence-electron chi connectivity index (χ0n) is 9.20. The van der Waals surface area contributed by atoms with Crippen molar-refractivity contribution in [3.05, 3.63) is 41.1 Å². The number of nitrogens with zero attached hydrogens (tertiary/aromatic N) is 1. The van der Waals surface area contributed by atoms with E-state index in [4.69, 9.17) is 5.11 Å². The SMILES string of the molecule is Cc1nsc(Nc2cccc(F)c2F)c1C(=O)O. The summed E-state index contributed by atoms with van der Waals surface area (Å²) >= 11 is 0.883. The van der Waals surface area contributed by atoms with Crippen LogP contribution in [0.5, 0.6) is 0 Å². The third-order valence-electron chi connectivity index (χ3n) is 2.28. The van der Waals surface area contributed by atoms with E-state index in [2.05, 4.69) is 9.69 Å². The number of aromatic carboxylic acids is 1. The number of anilines is 2. The fourth-order valence-electron chi connectivity index (χ4n) is 1.43. The van der Waals surface area contributed by atoms with Crippen LogP contribution in [0.3, 0.4) is 0 Å². The second-order valence-electron chi connectivity index (χ2n) is 3.50. The van der Waals surface area contributed by atoms with Crippen LogP contribution >= 0.6 is 11.5 Å². The average Bonchev–Trinajstić information content (AvgIpc) is 2.66. The molecule has 1 heterocycles. The molecule has 0 radical (unpaired) electrons. The number of nitrogens with one attached hydrogen (secondary N) is 1. The smallest absolute Gasteiger partial charge is 0.340 e. The number of benzene rings is 1. The number of rotatable bonds is 3. The van der Waals surface area contributed by atoms with E-state index < -0.39 is 17.6 Å². The minimum atomic E-state index is -1.17. The van der Waals surface area contributed by atoms with Crippen molar-refractivity contribution in [2.24, 2.45) is 0 Å². The molecule has 0 saturated carbocycles. The summed E-state index contributed by atoms with van der Waals surface area (Å²) in [5, 5.41) is 11.7. The van der Waals surface area contributed by atoms with Crippen molar-refractivity contribution >= 4 is 28.2 Å². The molecule has 2 N–H and O–H groups in total. The topological polar surface area (TPSA) is 62.2 Å². The predicted octanol–water partition coefficient (Wildman–Crippen LogP) is 3.17. The molecular weight excluding hydrogens is 262 g/mol. The molecule has 18 heavy (non-hydrogen) atoms. The Morgan fingerprint density at radius 3 is 2.83 bits per heavy atom. The number of carbonyl (C=O) groups is 1. The van der Waals surface area contributed by atoms with Gasteiger partial charge in [0, 0.05) is 0 Å². The van der Waals surface area contributed by atoms with Gasteiger partial charge in [0.05, 0.1) is 11.4 Å². The zero-order valence-corrected chi connectivity index (χ0v) is 10.0. The Hall–Kier alpha value is -2.02. The van der Waals surface area contributed by atoms with Gasteiger partial charge in [0.1, 0.15) is 10.6 Å². The molecule has 2 rings (SSSR count). The quantitative estimate of drug-likeness (QED) is 0.899. The summed E-state index contributed by atoms with van der Waals surface area (Å²) in [6.07, 6.45) is 0. The van der Waals surface area contributed by atoms with Crippen molar-refractivity contribution in [2.75, 3.05) is 5.32 Å². The van der Waals surface area contributed by atoms with Crippen LogP contribution in [0.1, 0.15) is 16.1 Å². The van der Waals surface area contributed by atoms with Crippen LogP contribution in [0.2, 0.25) is 0 Å². The Bertz CT molecular complexity index is 613. The molecule has 0 bridgehead atoms. The lowest BCUT2D eigenvalue weighted by molar-refractivity contribution is 0.0697. The molecule has 2 aromatic rings. The summed E-state index contributed by atoms with van der Waals surface area (Å²) in [4.78, 5) is 11.0. The van der Waals surface area contributed by atoms with E-state index in [0.717, 1.165) is 17.6 Å². The van der Waals surface area contributed by atoms with Crippen molar-refractivity contribution in [3.63, 3.8) is 0 Å². The van der Waals surface area contributed by atoms with E-state index in [9.17, 15) is 13.6 Å². The number of halogens is 2. The minimum Gasteiger partial charge on any atom is -0.478 e. The highest BCUT2D eigenvalue weighted by Gasteiger charge is 2.19. The van der Waals surface area contributed by atoms with Crippen LogP contribution in [0, 0.1) is 18.6 Å². The van der Waals surface area contributed by atoms with Gasteiger partial charge < -0.3 is 10.4 Å². The number of carboxylic acids is 1. The first-order chi connectivity index (χ1) is 8.50. The molecule has 1 aromatic heterocycles. The second-order valence-corrected chi connectivity index (χ2v) is 4.28. The number of aryl methyl sites for hydroxylation is 1. The normalized spacial score (nSPS) is 10.4. The van der Waals surface area contributed by atoms with Gasteiger partial charge in [0.15, 0.2) is 11.6 Å². The van der Waals surface area contributed by atoms with Crippen LogP contribution < -0.4 is 5.32 Å². The monoisotopic (exact) mass is 270 g/mol. The summed E-state index contributed by atoms with van der Waals surface area (Å²) in [5.74, 6) is -3.22. The maximum absolute atomic E-state index is 13.4. The van der Waals surface area contributed by atoms with Gasteiger partial charge in [0.2, 0.25) is 0 Å². The molecule has 7 heteroatoms. The van der Waals surface area contributed by atoms with E-state index in [1.54, 1.807) is 0 Å². The number of carboxylic acid groups (broad SMARTS) is 1. The fourth-order valence-corrected chi connectivity index (χ4v) is 2.23. The van der Waals surface area contributed by atoms with E-state index >= 15 is 0 Å².